The van der Waals surface area contributed by atoms with Gasteiger partial charge >= 0.3 is 5.63 Å². The average molecular weight is 434 g/mol. The Bertz CT molecular complexity index is 1320. The molecule has 0 bridgehead atoms. The van der Waals surface area contributed by atoms with Crippen molar-refractivity contribution in [1.82, 2.24) is 10.3 Å². The Hall–Kier alpha value is -4.07. The molecule has 0 radical (unpaired) electrons. The van der Waals surface area contributed by atoms with Gasteiger partial charge < -0.3 is 24.0 Å². The van der Waals surface area contributed by atoms with Crippen molar-refractivity contribution >= 4 is 16.9 Å². The minimum atomic E-state index is -0.609. The van der Waals surface area contributed by atoms with Gasteiger partial charge in [-0.1, -0.05) is 6.07 Å². The van der Waals surface area contributed by atoms with E-state index < -0.39 is 5.63 Å². The Labute approximate surface area is 183 Å². The molecule has 1 amide bonds. The molecule has 0 saturated carbocycles. The third-order valence-corrected chi connectivity index (χ3v) is 5.04. The van der Waals surface area contributed by atoms with E-state index in [1.165, 1.54) is 6.92 Å². The Balaban J connectivity index is 1.38. The molecule has 1 aromatic carbocycles. The van der Waals surface area contributed by atoms with Crippen LogP contribution in [0.4, 0.5) is 0 Å². The fourth-order valence-electron chi connectivity index (χ4n) is 3.24. The van der Waals surface area contributed by atoms with Gasteiger partial charge in [0.25, 0.3) is 5.91 Å². The monoisotopic (exact) mass is 434 g/mol. The molecule has 8 heteroatoms. The summed E-state index contributed by atoms with van der Waals surface area (Å²) in [4.78, 5) is 27.9. The zero-order chi connectivity index (χ0) is 22.7. The van der Waals surface area contributed by atoms with Gasteiger partial charge in [0.15, 0.2) is 11.5 Å². The molecule has 3 heterocycles. The highest BCUT2D eigenvalue weighted by Crippen LogP contribution is 2.34. The van der Waals surface area contributed by atoms with Crippen LogP contribution in [-0.2, 0) is 0 Å². The number of hydrogen-bond acceptors (Lipinski definition) is 7. The lowest BCUT2D eigenvalue weighted by atomic mass is 10.1. The maximum absolute atomic E-state index is 12.0. The number of aromatic hydroxyl groups is 1. The van der Waals surface area contributed by atoms with E-state index in [1.54, 1.807) is 49.5 Å². The second-order valence-corrected chi connectivity index (χ2v) is 7.30. The Kier molecular flexibility index (Phi) is 5.93. The molecule has 4 rings (SSSR count). The summed E-state index contributed by atoms with van der Waals surface area (Å²) < 4.78 is 16.9. The smallest absolute Gasteiger partial charge is 0.343 e. The van der Waals surface area contributed by atoms with Gasteiger partial charge in [0.05, 0.1) is 12.2 Å². The maximum Gasteiger partial charge on any atom is 0.343 e. The van der Waals surface area contributed by atoms with E-state index in [0.717, 1.165) is 5.39 Å². The number of hydrogen-bond donors (Lipinski definition) is 2. The van der Waals surface area contributed by atoms with E-state index in [9.17, 15) is 14.7 Å². The highest BCUT2D eigenvalue weighted by molar-refractivity contribution is 5.92. The summed E-state index contributed by atoms with van der Waals surface area (Å²) in [5, 5.41) is 13.7. The number of benzene rings is 1. The summed E-state index contributed by atoms with van der Waals surface area (Å²) in [5.41, 5.74) is 0.960. The summed E-state index contributed by atoms with van der Waals surface area (Å²) in [6.45, 7) is 4.04. The summed E-state index contributed by atoms with van der Waals surface area (Å²) in [5.74, 6) is 0.864. The number of ether oxygens (including phenoxy) is 1. The highest BCUT2D eigenvalue weighted by Gasteiger charge is 2.18. The predicted molar refractivity (Wildman–Crippen MR) is 118 cm³/mol. The van der Waals surface area contributed by atoms with Gasteiger partial charge in [0.1, 0.15) is 22.8 Å². The van der Waals surface area contributed by atoms with E-state index in [0.29, 0.717) is 47.9 Å². The average Bonchev–Trinajstić information content (AvgIpc) is 3.23. The van der Waals surface area contributed by atoms with Crippen LogP contribution in [0.15, 0.2) is 62.3 Å². The number of rotatable bonds is 7. The van der Waals surface area contributed by atoms with Crippen molar-refractivity contribution in [2.75, 3.05) is 13.2 Å². The molecule has 32 heavy (non-hydrogen) atoms. The molecule has 0 aliphatic heterocycles. The first-order chi connectivity index (χ1) is 15.4. The molecule has 0 spiro atoms. The van der Waals surface area contributed by atoms with Crippen LogP contribution in [0.5, 0.6) is 11.5 Å². The van der Waals surface area contributed by atoms with Gasteiger partial charge in [-0.25, -0.2) is 4.79 Å². The zero-order valence-corrected chi connectivity index (χ0v) is 17.7. The van der Waals surface area contributed by atoms with Gasteiger partial charge in [-0.3, -0.25) is 9.78 Å². The third-order valence-electron chi connectivity index (χ3n) is 5.04. The summed E-state index contributed by atoms with van der Waals surface area (Å²) in [6.07, 6.45) is 2.20. The normalized spacial score (nSPS) is 10.9. The van der Waals surface area contributed by atoms with Crippen molar-refractivity contribution in [3.63, 3.8) is 0 Å². The van der Waals surface area contributed by atoms with Crippen molar-refractivity contribution in [2.45, 2.75) is 20.3 Å². The Morgan fingerprint density at radius 3 is 2.75 bits per heavy atom. The van der Waals surface area contributed by atoms with Crippen LogP contribution in [0, 0.1) is 13.8 Å². The quantitative estimate of drug-likeness (QED) is 0.423. The second kappa shape index (κ2) is 8.97. The minimum absolute atomic E-state index is 0.101. The van der Waals surface area contributed by atoms with Crippen LogP contribution < -0.4 is 15.7 Å². The van der Waals surface area contributed by atoms with Crippen molar-refractivity contribution in [3.8, 4) is 23.0 Å². The Morgan fingerprint density at radius 1 is 1.12 bits per heavy atom. The number of furan rings is 1. The number of nitrogens with zero attached hydrogens (tertiary/aromatic N) is 1. The van der Waals surface area contributed by atoms with Crippen LogP contribution >= 0.6 is 0 Å². The fourth-order valence-corrected chi connectivity index (χ4v) is 3.24. The first-order valence-corrected chi connectivity index (χ1v) is 10.1. The number of nitrogens with one attached hydrogen (secondary N) is 1. The van der Waals surface area contributed by atoms with Crippen LogP contribution in [0.3, 0.4) is 0 Å². The Morgan fingerprint density at radius 2 is 1.97 bits per heavy atom. The number of carbonyl (C=O) groups is 1. The van der Waals surface area contributed by atoms with Crippen LogP contribution in [0.1, 0.15) is 28.0 Å². The summed E-state index contributed by atoms with van der Waals surface area (Å²) in [6, 6.07) is 12.3. The number of fused-ring (bicyclic) bond motifs is 1. The molecule has 0 fully saturated rings. The molecule has 4 aromatic rings. The molecule has 0 unspecified atom stereocenters. The number of carbonyl (C=O) groups excluding carboxylic acids is 1. The molecular weight excluding hydrogens is 412 g/mol. The second-order valence-electron chi connectivity index (χ2n) is 7.30. The molecule has 2 N–H and O–H groups in total. The number of pyridine rings is 1. The molecule has 0 saturated heterocycles. The molecule has 8 nitrogen and oxygen atoms in total. The van der Waals surface area contributed by atoms with Crippen LogP contribution in [-0.4, -0.2) is 29.1 Å². The standard InChI is InChI=1S/C24H22N2O6/c1-14-21(27)15(2)24(29)32-22(14)20-13-16-12-17(7-8-19(16)31-20)30-11-5-10-26-23(28)18-6-3-4-9-25-18/h3-4,6-9,12-13,27H,5,10-11H2,1-2H3,(H,26,28). The molecule has 3 aromatic heterocycles. The van der Waals surface area contributed by atoms with E-state index in [4.69, 9.17) is 13.6 Å². The fraction of sp³-hybridized carbons (Fsp3) is 0.208. The molecule has 0 aliphatic carbocycles. The van der Waals surface area contributed by atoms with Crippen molar-refractivity contribution in [1.29, 1.82) is 0 Å². The SMILES string of the molecule is Cc1c(-c2cc3cc(OCCCNC(=O)c4ccccn4)ccc3o2)oc(=O)c(C)c1O. The topological polar surface area (TPSA) is 115 Å². The zero-order valence-electron chi connectivity index (χ0n) is 17.7. The van der Waals surface area contributed by atoms with Gasteiger partial charge in [-0.15, -0.1) is 0 Å². The van der Waals surface area contributed by atoms with E-state index in [-0.39, 0.29) is 23.0 Å². The van der Waals surface area contributed by atoms with Crippen molar-refractivity contribution in [2.24, 2.45) is 0 Å². The lowest BCUT2D eigenvalue weighted by molar-refractivity contribution is 0.0946. The lowest BCUT2D eigenvalue weighted by Crippen LogP contribution is -2.26. The lowest BCUT2D eigenvalue weighted by Gasteiger charge is -2.07. The molecule has 0 atom stereocenters. The van der Waals surface area contributed by atoms with Gasteiger partial charge in [-0.2, -0.15) is 0 Å². The first kappa shape index (κ1) is 21.2. The summed E-state index contributed by atoms with van der Waals surface area (Å²) in [7, 11) is 0. The minimum Gasteiger partial charge on any atom is -0.507 e. The van der Waals surface area contributed by atoms with Gasteiger partial charge in [0.2, 0.25) is 0 Å². The van der Waals surface area contributed by atoms with Crippen molar-refractivity contribution in [3.05, 3.63) is 75.9 Å². The van der Waals surface area contributed by atoms with Crippen molar-refractivity contribution < 1.29 is 23.5 Å². The summed E-state index contributed by atoms with van der Waals surface area (Å²) >= 11 is 0. The molecular formula is C24H22N2O6. The molecule has 164 valence electrons. The van der Waals surface area contributed by atoms with Crippen LogP contribution in [0.2, 0.25) is 0 Å². The molecule has 0 aliphatic rings. The predicted octanol–water partition coefficient (Wildman–Crippen LogP) is 3.97. The maximum atomic E-state index is 12.0. The van der Waals surface area contributed by atoms with Crippen LogP contribution in [0.25, 0.3) is 22.5 Å². The van der Waals surface area contributed by atoms with E-state index >= 15 is 0 Å². The van der Waals surface area contributed by atoms with E-state index in [2.05, 4.69) is 10.3 Å². The van der Waals surface area contributed by atoms with Gasteiger partial charge in [-0.05, 0) is 56.7 Å². The number of aromatic nitrogens is 1. The van der Waals surface area contributed by atoms with E-state index in [1.807, 2.05) is 6.07 Å². The highest BCUT2D eigenvalue weighted by atomic mass is 16.5. The largest absolute Gasteiger partial charge is 0.507 e. The number of amides is 1. The van der Waals surface area contributed by atoms with Gasteiger partial charge in [0, 0.05) is 23.7 Å². The third kappa shape index (κ3) is 4.34. The first-order valence-electron chi connectivity index (χ1n) is 10.1.